The maximum atomic E-state index is 9.47. The molecule has 0 bridgehead atoms. The van der Waals surface area contributed by atoms with Gasteiger partial charge < -0.3 is 5.11 Å². The number of aryl methyl sites for hydroxylation is 1. The fourth-order valence-corrected chi connectivity index (χ4v) is 3.55. The fourth-order valence-electron chi connectivity index (χ4n) is 3.36. The van der Waals surface area contributed by atoms with Gasteiger partial charge in [0.1, 0.15) is 5.15 Å². The lowest BCUT2D eigenvalue weighted by Gasteiger charge is -2.35. The number of fused-ring (bicyclic) bond motifs is 1. The van der Waals surface area contributed by atoms with Gasteiger partial charge in [-0.3, -0.25) is 4.90 Å². The quantitative estimate of drug-likeness (QED) is 0.856. The summed E-state index contributed by atoms with van der Waals surface area (Å²) in [4.78, 5) is 6.39. The average Bonchev–Trinajstić information content (AvgIpc) is 2.54. The van der Waals surface area contributed by atoms with Crippen LogP contribution >= 0.6 is 11.6 Å². The molecule has 0 fully saturated rings. The molecule has 1 aromatic heterocycles. The number of hydrogen-bond donors (Lipinski definition) is 1. The summed E-state index contributed by atoms with van der Waals surface area (Å²) in [6.07, 6.45) is 5.22. The highest BCUT2D eigenvalue weighted by molar-refractivity contribution is 6.29. The first-order valence-corrected chi connectivity index (χ1v) is 8.19. The van der Waals surface area contributed by atoms with Crippen molar-refractivity contribution in [1.82, 2.24) is 9.88 Å². The molecule has 1 heterocycles. The minimum atomic E-state index is 0.164. The third-order valence-corrected chi connectivity index (χ3v) is 4.55. The number of aromatic nitrogens is 1. The molecule has 22 heavy (non-hydrogen) atoms. The van der Waals surface area contributed by atoms with Gasteiger partial charge in [0.15, 0.2) is 0 Å². The zero-order chi connectivity index (χ0) is 15.4. The monoisotopic (exact) mass is 316 g/mol. The van der Waals surface area contributed by atoms with Crippen LogP contribution in [0.3, 0.4) is 0 Å². The van der Waals surface area contributed by atoms with Crippen LogP contribution in [-0.4, -0.2) is 28.1 Å². The van der Waals surface area contributed by atoms with E-state index in [9.17, 15) is 5.11 Å². The minimum Gasteiger partial charge on any atom is -0.395 e. The number of halogens is 1. The Morgan fingerprint density at radius 1 is 1.27 bits per heavy atom. The van der Waals surface area contributed by atoms with E-state index < -0.39 is 0 Å². The van der Waals surface area contributed by atoms with Gasteiger partial charge in [-0.25, -0.2) is 4.98 Å². The number of benzene rings is 1. The largest absolute Gasteiger partial charge is 0.395 e. The van der Waals surface area contributed by atoms with E-state index in [-0.39, 0.29) is 6.61 Å². The second-order valence-electron chi connectivity index (χ2n) is 5.79. The highest BCUT2D eigenvalue weighted by Crippen LogP contribution is 2.34. The zero-order valence-corrected chi connectivity index (χ0v) is 13.3. The van der Waals surface area contributed by atoms with Crippen molar-refractivity contribution < 1.29 is 5.11 Å². The summed E-state index contributed by atoms with van der Waals surface area (Å²) in [5.41, 5.74) is 3.98. The molecule has 3 nitrogen and oxygen atoms in total. The summed E-state index contributed by atoms with van der Waals surface area (Å²) in [5, 5.41) is 9.99. The van der Waals surface area contributed by atoms with Gasteiger partial charge in [0.2, 0.25) is 0 Å². The molecule has 0 radical (unpaired) electrons. The van der Waals surface area contributed by atoms with Crippen LogP contribution in [0.25, 0.3) is 0 Å². The number of hydrogen-bond acceptors (Lipinski definition) is 3. The Kier molecular flexibility index (Phi) is 5.08. The van der Waals surface area contributed by atoms with Crippen molar-refractivity contribution in [2.75, 3.05) is 13.2 Å². The third kappa shape index (κ3) is 3.49. The smallest absolute Gasteiger partial charge is 0.129 e. The molecule has 4 heteroatoms. The SMILES string of the molecule is OCCN(Cc1ccnc(Cl)c1)C1CCCc2ccccc21. The highest BCUT2D eigenvalue weighted by atomic mass is 35.5. The summed E-state index contributed by atoms with van der Waals surface area (Å²) < 4.78 is 0. The number of rotatable bonds is 5. The van der Waals surface area contributed by atoms with Crippen LogP contribution in [0.1, 0.15) is 35.6 Å². The lowest BCUT2D eigenvalue weighted by molar-refractivity contribution is 0.131. The first kappa shape index (κ1) is 15.5. The lowest BCUT2D eigenvalue weighted by Crippen LogP contribution is -2.33. The van der Waals surface area contributed by atoms with Crippen LogP contribution in [0.5, 0.6) is 0 Å². The van der Waals surface area contributed by atoms with Crippen molar-refractivity contribution in [3.63, 3.8) is 0 Å². The Morgan fingerprint density at radius 2 is 2.14 bits per heavy atom. The van der Waals surface area contributed by atoms with Crippen LogP contribution in [0.2, 0.25) is 5.15 Å². The molecule has 0 aliphatic heterocycles. The van der Waals surface area contributed by atoms with Crippen molar-refractivity contribution in [2.45, 2.75) is 31.8 Å². The molecule has 1 N–H and O–H groups in total. The summed E-state index contributed by atoms with van der Waals surface area (Å²) in [6, 6.07) is 12.9. The van der Waals surface area contributed by atoms with Crippen molar-refractivity contribution in [3.8, 4) is 0 Å². The van der Waals surface area contributed by atoms with Gasteiger partial charge in [-0.15, -0.1) is 0 Å². The van der Waals surface area contributed by atoms with Crippen molar-refractivity contribution in [2.24, 2.45) is 0 Å². The highest BCUT2D eigenvalue weighted by Gasteiger charge is 2.25. The van der Waals surface area contributed by atoms with Gasteiger partial charge in [-0.05, 0) is 48.1 Å². The molecule has 1 aromatic carbocycles. The van der Waals surface area contributed by atoms with Crippen molar-refractivity contribution >= 4 is 11.6 Å². The normalized spacial score (nSPS) is 17.5. The topological polar surface area (TPSA) is 36.4 Å². The standard InChI is InChI=1S/C18H21ClN2O/c19-18-12-14(8-9-20-18)13-21(10-11-22)17-7-3-5-15-4-1-2-6-16(15)17/h1-2,4,6,8-9,12,17,22H,3,5,7,10-11,13H2. The Labute approximate surface area is 136 Å². The first-order valence-electron chi connectivity index (χ1n) is 7.81. The van der Waals surface area contributed by atoms with E-state index in [2.05, 4.69) is 34.1 Å². The predicted molar refractivity (Wildman–Crippen MR) is 88.9 cm³/mol. The van der Waals surface area contributed by atoms with Gasteiger partial charge in [-0.1, -0.05) is 35.9 Å². The van der Waals surface area contributed by atoms with E-state index in [0.717, 1.165) is 24.9 Å². The van der Waals surface area contributed by atoms with Crippen LogP contribution in [0, 0.1) is 0 Å². The molecule has 2 aromatic rings. The molecule has 1 aliphatic rings. The van der Waals surface area contributed by atoms with E-state index in [1.165, 1.54) is 17.5 Å². The van der Waals surface area contributed by atoms with Crippen LogP contribution < -0.4 is 0 Å². The number of pyridine rings is 1. The Bertz CT molecular complexity index is 632. The molecule has 0 saturated carbocycles. The molecular weight excluding hydrogens is 296 g/mol. The maximum absolute atomic E-state index is 9.47. The van der Waals surface area contributed by atoms with Crippen molar-refractivity contribution in [1.29, 1.82) is 0 Å². The molecule has 1 aliphatic carbocycles. The average molecular weight is 317 g/mol. The van der Waals surface area contributed by atoms with E-state index in [1.54, 1.807) is 6.20 Å². The predicted octanol–water partition coefficient (Wildman–Crippen LogP) is 3.61. The Hall–Kier alpha value is -1.42. The molecule has 1 unspecified atom stereocenters. The molecule has 3 rings (SSSR count). The molecule has 1 atom stereocenters. The third-order valence-electron chi connectivity index (χ3n) is 4.34. The Morgan fingerprint density at radius 3 is 2.95 bits per heavy atom. The number of aliphatic hydroxyl groups is 1. The summed E-state index contributed by atoms with van der Waals surface area (Å²) in [6.45, 7) is 1.61. The van der Waals surface area contributed by atoms with Gasteiger partial charge in [0, 0.05) is 25.3 Å². The lowest BCUT2D eigenvalue weighted by atomic mass is 9.86. The summed E-state index contributed by atoms with van der Waals surface area (Å²) in [5.74, 6) is 0. The van der Waals surface area contributed by atoms with Crippen molar-refractivity contribution in [3.05, 3.63) is 64.4 Å². The second-order valence-corrected chi connectivity index (χ2v) is 6.17. The first-order chi connectivity index (χ1) is 10.8. The number of aliphatic hydroxyl groups excluding tert-OH is 1. The maximum Gasteiger partial charge on any atom is 0.129 e. The van der Waals surface area contributed by atoms with E-state index in [4.69, 9.17) is 11.6 Å². The van der Waals surface area contributed by atoms with E-state index in [0.29, 0.717) is 17.7 Å². The van der Waals surface area contributed by atoms with Gasteiger partial charge in [0.05, 0.1) is 6.61 Å². The molecule has 0 spiro atoms. The molecule has 0 amide bonds. The Balaban J connectivity index is 1.85. The van der Waals surface area contributed by atoms with Crippen LogP contribution in [0.15, 0.2) is 42.6 Å². The fraction of sp³-hybridized carbons (Fsp3) is 0.389. The van der Waals surface area contributed by atoms with Gasteiger partial charge in [0.25, 0.3) is 0 Å². The minimum absolute atomic E-state index is 0.164. The van der Waals surface area contributed by atoms with E-state index >= 15 is 0 Å². The van der Waals surface area contributed by atoms with Gasteiger partial charge in [-0.2, -0.15) is 0 Å². The zero-order valence-electron chi connectivity index (χ0n) is 12.6. The van der Waals surface area contributed by atoms with Crippen LogP contribution in [0.4, 0.5) is 0 Å². The van der Waals surface area contributed by atoms with Crippen LogP contribution in [-0.2, 0) is 13.0 Å². The second kappa shape index (κ2) is 7.23. The summed E-state index contributed by atoms with van der Waals surface area (Å²) in [7, 11) is 0. The molecular formula is C18H21ClN2O. The van der Waals surface area contributed by atoms with Gasteiger partial charge >= 0.3 is 0 Å². The summed E-state index contributed by atoms with van der Waals surface area (Å²) >= 11 is 5.99. The molecule has 0 saturated heterocycles. The number of nitrogens with zero attached hydrogens (tertiary/aromatic N) is 2. The molecule has 116 valence electrons. The van der Waals surface area contributed by atoms with E-state index in [1.807, 2.05) is 12.1 Å².